The fourth-order valence-corrected chi connectivity index (χ4v) is 1.25. The van der Waals surface area contributed by atoms with E-state index in [9.17, 15) is 4.79 Å². The van der Waals surface area contributed by atoms with Crippen LogP contribution >= 0.6 is 0 Å². The third kappa shape index (κ3) is 3.86. The number of aromatic nitrogens is 1. The number of methoxy groups -OCH3 is 1. The van der Waals surface area contributed by atoms with E-state index in [0.29, 0.717) is 24.5 Å². The van der Waals surface area contributed by atoms with E-state index in [1.54, 1.807) is 19.2 Å². The van der Waals surface area contributed by atoms with Crippen LogP contribution in [0.5, 0.6) is 0 Å². The van der Waals surface area contributed by atoms with Crippen LogP contribution in [0.15, 0.2) is 18.3 Å². The minimum atomic E-state index is -0.143. The number of nitrogens with two attached hydrogens (primary N) is 1. The number of nitrogen functional groups attached to an aromatic ring is 1. The topological polar surface area (TPSA) is 77.2 Å². The van der Waals surface area contributed by atoms with Gasteiger partial charge in [0.2, 0.25) is 0 Å². The first kappa shape index (κ1) is 12.4. The number of pyridine rings is 1. The summed E-state index contributed by atoms with van der Waals surface area (Å²) in [5.74, 6) is 0.551. The minimum Gasteiger partial charge on any atom is -0.384 e. The van der Waals surface area contributed by atoms with Crippen molar-refractivity contribution < 1.29 is 9.53 Å². The van der Waals surface area contributed by atoms with Crippen molar-refractivity contribution in [2.75, 3.05) is 26.0 Å². The maximum atomic E-state index is 11.6. The zero-order chi connectivity index (χ0) is 12.0. The van der Waals surface area contributed by atoms with Gasteiger partial charge < -0.3 is 15.8 Å². The van der Waals surface area contributed by atoms with Gasteiger partial charge >= 0.3 is 0 Å². The summed E-state index contributed by atoms with van der Waals surface area (Å²) in [6, 6.07) is 3.26. The Morgan fingerprint density at radius 1 is 1.62 bits per heavy atom. The molecule has 0 fully saturated rings. The number of carbonyl (C=O) groups excluding carboxylic acids is 1. The van der Waals surface area contributed by atoms with Crippen LogP contribution in [-0.2, 0) is 4.74 Å². The molecule has 0 aliphatic carbocycles. The summed E-state index contributed by atoms with van der Waals surface area (Å²) < 4.78 is 4.98. The molecule has 0 aliphatic heterocycles. The van der Waals surface area contributed by atoms with E-state index in [2.05, 4.69) is 10.3 Å². The molecule has 88 valence electrons. The maximum absolute atomic E-state index is 11.6. The molecular formula is C11H17N3O2. The van der Waals surface area contributed by atoms with Crippen molar-refractivity contribution in [1.29, 1.82) is 0 Å². The van der Waals surface area contributed by atoms with Gasteiger partial charge in [-0.2, -0.15) is 0 Å². The fraction of sp³-hybridized carbons (Fsp3) is 0.455. The lowest BCUT2D eigenvalue weighted by molar-refractivity contribution is 0.0934. The van der Waals surface area contributed by atoms with Crippen molar-refractivity contribution in [2.45, 2.75) is 6.92 Å². The third-order valence-electron chi connectivity index (χ3n) is 2.11. The molecule has 1 heterocycles. The van der Waals surface area contributed by atoms with E-state index >= 15 is 0 Å². The molecule has 0 aromatic carbocycles. The van der Waals surface area contributed by atoms with E-state index in [1.807, 2.05) is 6.92 Å². The number of ether oxygens (including phenoxy) is 1. The largest absolute Gasteiger partial charge is 0.384 e. The third-order valence-corrected chi connectivity index (χ3v) is 2.11. The van der Waals surface area contributed by atoms with Gasteiger partial charge in [0, 0.05) is 19.9 Å². The number of hydrogen-bond donors (Lipinski definition) is 2. The Labute approximate surface area is 95.0 Å². The zero-order valence-corrected chi connectivity index (χ0v) is 9.56. The minimum absolute atomic E-state index is 0.143. The quantitative estimate of drug-likeness (QED) is 0.769. The average molecular weight is 223 g/mol. The van der Waals surface area contributed by atoms with Crippen LogP contribution < -0.4 is 11.1 Å². The SMILES string of the molecule is COCC(C)CNC(=O)c1ccc(N)nc1. The second-order valence-electron chi connectivity index (χ2n) is 3.74. The zero-order valence-electron chi connectivity index (χ0n) is 9.56. The monoisotopic (exact) mass is 223 g/mol. The highest BCUT2D eigenvalue weighted by atomic mass is 16.5. The van der Waals surface area contributed by atoms with Gasteiger partial charge in [0.05, 0.1) is 12.2 Å². The Morgan fingerprint density at radius 2 is 2.38 bits per heavy atom. The van der Waals surface area contributed by atoms with Crippen molar-refractivity contribution in [2.24, 2.45) is 5.92 Å². The molecule has 0 saturated carbocycles. The van der Waals surface area contributed by atoms with Gasteiger partial charge in [0.15, 0.2) is 0 Å². The van der Waals surface area contributed by atoms with Gasteiger partial charge in [0.25, 0.3) is 5.91 Å². The number of rotatable bonds is 5. The molecule has 1 unspecified atom stereocenters. The summed E-state index contributed by atoms with van der Waals surface area (Å²) in [4.78, 5) is 15.5. The highest BCUT2D eigenvalue weighted by Gasteiger charge is 2.07. The first-order valence-electron chi connectivity index (χ1n) is 5.12. The molecule has 5 heteroatoms. The van der Waals surface area contributed by atoms with Crippen LogP contribution in [0.25, 0.3) is 0 Å². The van der Waals surface area contributed by atoms with Crippen molar-refractivity contribution >= 4 is 11.7 Å². The lowest BCUT2D eigenvalue weighted by Crippen LogP contribution is -2.29. The molecular weight excluding hydrogens is 206 g/mol. The molecule has 0 saturated heterocycles. The number of carbonyl (C=O) groups is 1. The van der Waals surface area contributed by atoms with E-state index in [-0.39, 0.29) is 11.8 Å². The maximum Gasteiger partial charge on any atom is 0.252 e. The number of nitrogens with one attached hydrogen (secondary N) is 1. The highest BCUT2D eigenvalue weighted by Crippen LogP contribution is 2.01. The lowest BCUT2D eigenvalue weighted by atomic mass is 10.2. The Kier molecular flexibility index (Phi) is 4.72. The molecule has 0 spiro atoms. The first-order valence-corrected chi connectivity index (χ1v) is 5.12. The normalized spacial score (nSPS) is 12.1. The molecule has 1 atom stereocenters. The fourth-order valence-electron chi connectivity index (χ4n) is 1.25. The Morgan fingerprint density at radius 3 is 2.94 bits per heavy atom. The molecule has 16 heavy (non-hydrogen) atoms. The summed E-state index contributed by atoms with van der Waals surface area (Å²) >= 11 is 0. The van der Waals surface area contributed by atoms with Crippen LogP contribution in [0.4, 0.5) is 5.82 Å². The van der Waals surface area contributed by atoms with Crippen molar-refractivity contribution in [3.05, 3.63) is 23.9 Å². The van der Waals surface area contributed by atoms with Gasteiger partial charge in [0.1, 0.15) is 5.82 Å². The average Bonchev–Trinajstić information content (AvgIpc) is 2.27. The summed E-state index contributed by atoms with van der Waals surface area (Å²) in [6.45, 7) is 3.21. The lowest BCUT2D eigenvalue weighted by Gasteiger charge is -2.11. The van der Waals surface area contributed by atoms with E-state index in [0.717, 1.165) is 0 Å². The van der Waals surface area contributed by atoms with Gasteiger partial charge in [-0.05, 0) is 18.1 Å². The molecule has 1 aromatic heterocycles. The molecule has 0 radical (unpaired) electrons. The Bertz CT molecular complexity index is 338. The molecule has 5 nitrogen and oxygen atoms in total. The summed E-state index contributed by atoms with van der Waals surface area (Å²) in [5, 5.41) is 2.80. The summed E-state index contributed by atoms with van der Waals surface area (Å²) in [6.07, 6.45) is 1.46. The van der Waals surface area contributed by atoms with Crippen LogP contribution in [-0.4, -0.2) is 31.2 Å². The van der Waals surface area contributed by atoms with Crippen LogP contribution in [0, 0.1) is 5.92 Å². The summed E-state index contributed by atoms with van der Waals surface area (Å²) in [7, 11) is 1.64. The van der Waals surface area contributed by atoms with E-state index < -0.39 is 0 Å². The second-order valence-corrected chi connectivity index (χ2v) is 3.74. The molecule has 0 aliphatic rings. The van der Waals surface area contributed by atoms with E-state index in [4.69, 9.17) is 10.5 Å². The Balaban J connectivity index is 2.43. The molecule has 1 amide bonds. The highest BCUT2D eigenvalue weighted by molar-refractivity contribution is 5.93. The van der Waals surface area contributed by atoms with Gasteiger partial charge in [-0.25, -0.2) is 4.98 Å². The molecule has 0 bridgehead atoms. The molecule has 1 aromatic rings. The van der Waals surface area contributed by atoms with Gasteiger partial charge in [-0.1, -0.05) is 6.92 Å². The number of amides is 1. The second kappa shape index (κ2) is 6.07. The van der Waals surface area contributed by atoms with E-state index in [1.165, 1.54) is 6.20 Å². The first-order chi connectivity index (χ1) is 7.63. The molecule has 3 N–H and O–H groups in total. The smallest absolute Gasteiger partial charge is 0.252 e. The number of hydrogen-bond acceptors (Lipinski definition) is 4. The molecule has 1 rings (SSSR count). The Hall–Kier alpha value is -1.62. The van der Waals surface area contributed by atoms with Crippen molar-refractivity contribution in [3.63, 3.8) is 0 Å². The predicted octanol–water partition coefficient (Wildman–Crippen LogP) is 0.676. The number of anilines is 1. The standard InChI is InChI=1S/C11H17N3O2/c1-8(7-16-2)5-14-11(15)9-3-4-10(12)13-6-9/h3-4,6,8H,5,7H2,1-2H3,(H2,12,13)(H,14,15). The summed E-state index contributed by atoms with van der Waals surface area (Å²) in [5.41, 5.74) is 5.94. The van der Waals surface area contributed by atoms with Crippen molar-refractivity contribution in [3.8, 4) is 0 Å². The number of nitrogens with zero attached hydrogens (tertiary/aromatic N) is 1. The van der Waals surface area contributed by atoms with Gasteiger partial charge in [-0.15, -0.1) is 0 Å². The van der Waals surface area contributed by atoms with Gasteiger partial charge in [-0.3, -0.25) is 4.79 Å². The van der Waals surface area contributed by atoms with Crippen molar-refractivity contribution in [1.82, 2.24) is 10.3 Å². The van der Waals surface area contributed by atoms with Crippen LogP contribution in [0.2, 0.25) is 0 Å². The van der Waals surface area contributed by atoms with Crippen LogP contribution in [0.3, 0.4) is 0 Å². The van der Waals surface area contributed by atoms with Crippen LogP contribution in [0.1, 0.15) is 17.3 Å². The predicted molar refractivity (Wildman–Crippen MR) is 62.0 cm³/mol.